The smallest absolute Gasteiger partial charge is 0.152 e. The van der Waals surface area contributed by atoms with Gasteiger partial charge >= 0.3 is 0 Å². The lowest BCUT2D eigenvalue weighted by molar-refractivity contribution is 0.112. The number of aliphatic hydroxyl groups is 1. The number of nitrogens with zero attached hydrogens (tertiary/aromatic N) is 1. The van der Waals surface area contributed by atoms with Crippen LogP contribution in [0, 0.1) is 5.92 Å². The number of hydrogen-bond acceptors (Lipinski definition) is 3. The number of anilines is 1. The summed E-state index contributed by atoms with van der Waals surface area (Å²) in [6.07, 6.45) is 1.83. The molecule has 2 unspecified atom stereocenters. The van der Waals surface area contributed by atoms with Crippen molar-refractivity contribution >= 4 is 23.6 Å². The number of aliphatic hydroxyl groups excluding tert-OH is 1. The average molecular weight is 254 g/mol. The maximum absolute atomic E-state index is 11.1. The van der Waals surface area contributed by atoms with Crippen molar-refractivity contribution in [1.82, 2.24) is 0 Å². The molecule has 1 aromatic rings. The molecule has 1 heterocycles. The van der Waals surface area contributed by atoms with E-state index in [0.29, 0.717) is 16.5 Å². The van der Waals surface area contributed by atoms with E-state index in [0.717, 1.165) is 24.9 Å². The highest BCUT2D eigenvalue weighted by molar-refractivity contribution is 6.34. The molecular weight excluding hydrogens is 238 g/mol. The summed E-state index contributed by atoms with van der Waals surface area (Å²) in [4.78, 5) is 13.1. The Morgan fingerprint density at radius 3 is 3.00 bits per heavy atom. The van der Waals surface area contributed by atoms with Crippen LogP contribution in [0.2, 0.25) is 5.02 Å². The standard InChI is InChI=1S/C13H16ClNO2/c1-9-5-6-15(12(9)8-17)13-10(7-16)3-2-4-11(13)14/h2-4,7,9,12,17H,5-6,8H2,1H3. The summed E-state index contributed by atoms with van der Waals surface area (Å²) < 4.78 is 0. The molecule has 1 N–H and O–H groups in total. The van der Waals surface area contributed by atoms with Gasteiger partial charge in [-0.1, -0.05) is 24.6 Å². The Morgan fingerprint density at radius 1 is 1.59 bits per heavy atom. The minimum absolute atomic E-state index is 0.0496. The molecule has 0 bridgehead atoms. The van der Waals surface area contributed by atoms with Gasteiger partial charge in [-0.3, -0.25) is 4.79 Å². The molecule has 1 aromatic carbocycles. The third-order valence-corrected chi connectivity index (χ3v) is 3.81. The number of halogens is 1. The second-order valence-electron chi connectivity index (χ2n) is 4.50. The van der Waals surface area contributed by atoms with Gasteiger partial charge in [-0.2, -0.15) is 0 Å². The van der Waals surface area contributed by atoms with Gasteiger partial charge in [-0.15, -0.1) is 0 Å². The first kappa shape index (κ1) is 12.4. The summed E-state index contributed by atoms with van der Waals surface area (Å²) in [6, 6.07) is 5.35. The fourth-order valence-electron chi connectivity index (χ4n) is 2.49. The zero-order valence-electron chi connectivity index (χ0n) is 9.77. The first-order valence-corrected chi connectivity index (χ1v) is 6.18. The lowest BCUT2D eigenvalue weighted by Crippen LogP contribution is -2.36. The predicted molar refractivity (Wildman–Crippen MR) is 68.8 cm³/mol. The van der Waals surface area contributed by atoms with Gasteiger partial charge in [0, 0.05) is 12.1 Å². The van der Waals surface area contributed by atoms with Crippen molar-refractivity contribution < 1.29 is 9.90 Å². The van der Waals surface area contributed by atoms with Gasteiger partial charge in [-0.05, 0) is 24.5 Å². The summed E-state index contributed by atoms with van der Waals surface area (Å²) >= 11 is 6.18. The van der Waals surface area contributed by atoms with Gasteiger partial charge in [0.05, 0.1) is 23.4 Å². The van der Waals surface area contributed by atoms with Gasteiger partial charge in [0.25, 0.3) is 0 Å². The first-order chi connectivity index (χ1) is 8.19. The number of rotatable bonds is 3. The number of benzene rings is 1. The summed E-state index contributed by atoms with van der Waals surface area (Å²) in [7, 11) is 0. The third kappa shape index (κ3) is 2.17. The van der Waals surface area contributed by atoms with Crippen molar-refractivity contribution in [2.24, 2.45) is 5.92 Å². The highest BCUT2D eigenvalue weighted by Gasteiger charge is 2.32. The van der Waals surface area contributed by atoms with Crippen LogP contribution in [0.1, 0.15) is 23.7 Å². The normalized spacial score (nSPS) is 24.1. The molecule has 3 nitrogen and oxygen atoms in total. The van der Waals surface area contributed by atoms with E-state index in [4.69, 9.17) is 11.6 Å². The molecule has 0 radical (unpaired) electrons. The fourth-order valence-corrected chi connectivity index (χ4v) is 2.78. The van der Waals surface area contributed by atoms with Crippen molar-refractivity contribution in [2.45, 2.75) is 19.4 Å². The lowest BCUT2D eigenvalue weighted by Gasteiger charge is -2.29. The molecule has 4 heteroatoms. The van der Waals surface area contributed by atoms with Crippen LogP contribution in [0.3, 0.4) is 0 Å². The van der Waals surface area contributed by atoms with Crippen LogP contribution in [0.15, 0.2) is 18.2 Å². The minimum atomic E-state index is 0.0496. The Hall–Kier alpha value is -1.06. The molecule has 0 amide bonds. The SMILES string of the molecule is CC1CCN(c2c(Cl)cccc2C=O)C1CO. The van der Waals surface area contributed by atoms with E-state index in [1.807, 2.05) is 0 Å². The maximum Gasteiger partial charge on any atom is 0.152 e. The highest BCUT2D eigenvalue weighted by Crippen LogP contribution is 2.36. The Kier molecular flexibility index (Phi) is 3.69. The van der Waals surface area contributed by atoms with E-state index < -0.39 is 0 Å². The van der Waals surface area contributed by atoms with E-state index in [1.54, 1.807) is 18.2 Å². The average Bonchev–Trinajstić information content (AvgIpc) is 2.69. The van der Waals surface area contributed by atoms with Crippen molar-refractivity contribution in [3.8, 4) is 0 Å². The molecule has 1 aliphatic heterocycles. The van der Waals surface area contributed by atoms with Crippen molar-refractivity contribution in [1.29, 1.82) is 0 Å². The Balaban J connectivity index is 2.43. The molecule has 17 heavy (non-hydrogen) atoms. The number of para-hydroxylation sites is 1. The van der Waals surface area contributed by atoms with Crippen LogP contribution >= 0.6 is 11.6 Å². The lowest BCUT2D eigenvalue weighted by atomic mass is 10.0. The van der Waals surface area contributed by atoms with Gasteiger partial charge in [0.2, 0.25) is 0 Å². The zero-order valence-corrected chi connectivity index (χ0v) is 10.5. The summed E-state index contributed by atoms with van der Waals surface area (Å²) in [5.41, 5.74) is 1.35. The van der Waals surface area contributed by atoms with Gasteiger partial charge in [0.1, 0.15) is 0 Å². The molecular formula is C13H16ClNO2. The van der Waals surface area contributed by atoms with Crippen molar-refractivity contribution in [3.05, 3.63) is 28.8 Å². The molecule has 0 spiro atoms. The zero-order chi connectivity index (χ0) is 12.4. The monoisotopic (exact) mass is 253 g/mol. The third-order valence-electron chi connectivity index (χ3n) is 3.50. The van der Waals surface area contributed by atoms with Crippen LogP contribution in [-0.4, -0.2) is 30.6 Å². The summed E-state index contributed by atoms with van der Waals surface area (Å²) in [6.45, 7) is 3.03. The van der Waals surface area contributed by atoms with Crippen molar-refractivity contribution in [2.75, 3.05) is 18.1 Å². The number of carbonyl (C=O) groups is 1. The maximum atomic E-state index is 11.1. The predicted octanol–water partition coefficient (Wildman–Crippen LogP) is 2.36. The molecule has 1 saturated heterocycles. The first-order valence-electron chi connectivity index (χ1n) is 5.80. The molecule has 2 atom stereocenters. The van der Waals surface area contributed by atoms with Crippen LogP contribution in [0.5, 0.6) is 0 Å². The number of carbonyl (C=O) groups excluding carboxylic acids is 1. The summed E-state index contributed by atoms with van der Waals surface area (Å²) in [5.74, 6) is 0.413. The Bertz CT molecular complexity index is 422. The molecule has 92 valence electrons. The molecule has 1 aliphatic rings. The Morgan fingerprint density at radius 2 is 2.35 bits per heavy atom. The van der Waals surface area contributed by atoms with E-state index in [2.05, 4.69) is 11.8 Å². The van der Waals surface area contributed by atoms with E-state index in [9.17, 15) is 9.90 Å². The van der Waals surface area contributed by atoms with Gasteiger partial charge in [0.15, 0.2) is 6.29 Å². The second kappa shape index (κ2) is 5.07. The highest BCUT2D eigenvalue weighted by atomic mass is 35.5. The number of hydrogen-bond donors (Lipinski definition) is 1. The van der Waals surface area contributed by atoms with E-state index in [-0.39, 0.29) is 12.6 Å². The molecule has 0 aromatic heterocycles. The molecule has 0 saturated carbocycles. The van der Waals surface area contributed by atoms with E-state index in [1.165, 1.54) is 0 Å². The van der Waals surface area contributed by atoms with Crippen LogP contribution in [0.25, 0.3) is 0 Å². The minimum Gasteiger partial charge on any atom is -0.394 e. The second-order valence-corrected chi connectivity index (χ2v) is 4.91. The topological polar surface area (TPSA) is 40.5 Å². The molecule has 0 aliphatic carbocycles. The Labute approximate surface area is 106 Å². The fraction of sp³-hybridized carbons (Fsp3) is 0.462. The molecule has 2 rings (SSSR count). The van der Waals surface area contributed by atoms with Gasteiger partial charge in [-0.25, -0.2) is 0 Å². The molecule has 1 fully saturated rings. The quantitative estimate of drug-likeness (QED) is 0.841. The number of aldehydes is 1. The van der Waals surface area contributed by atoms with E-state index >= 15 is 0 Å². The largest absolute Gasteiger partial charge is 0.394 e. The van der Waals surface area contributed by atoms with Crippen molar-refractivity contribution in [3.63, 3.8) is 0 Å². The summed E-state index contributed by atoms with van der Waals surface area (Å²) in [5, 5.41) is 10.0. The van der Waals surface area contributed by atoms with Gasteiger partial charge < -0.3 is 10.0 Å². The van der Waals surface area contributed by atoms with Crippen LogP contribution < -0.4 is 4.90 Å². The van der Waals surface area contributed by atoms with Crippen LogP contribution in [-0.2, 0) is 0 Å². The van der Waals surface area contributed by atoms with Crippen LogP contribution in [0.4, 0.5) is 5.69 Å².